The minimum absolute atomic E-state index is 0. The average molecular weight is 314 g/mol. The molecular weight excluding hydrogens is 287 g/mol. The molecule has 4 heteroatoms. The molecule has 0 aromatic heterocycles. The molecule has 0 saturated carbocycles. The quantitative estimate of drug-likeness (QED) is 0.395. The molecule has 0 bridgehead atoms. The van der Waals surface area contributed by atoms with Crippen molar-refractivity contribution < 1.29 is 44.5 Å². The first-order valence-corrected chi connectivity index (χ1v) is 7.23. The van der Waals surface area contributed by atoms with Crippen LogP contribution in [0.2, 0.25) is 0 Å². The van der Waals surface area contributed by atoms with Crippen LogP contribution >= 0.6 is 0 Å². The molecular formula is C18H27NaO3. The summed E-state index contributed by atoms with van der Waals surface area (Å²) < 4.78 is 11.1. The van der Waals surface area contributed by atoms with Gasteiger partial charge in [0.15, 0.2) is 0 Å². The third-order valence-electron chi connectivity index (χ3n) is 2.88. The summed E-state index contributed by atoms with van der Waals surface area (Å²) in [4.78, 5) is 0. The van der Waals surface area contributed by atoms with Crippen LogP contribution in [0.15, 0.2) is 53.6 Å². The van der Waals surface area contributed by atoms with Crippen molar-refractivity contribution in [3.8, 4) is 5.75 Å². The van der Waals surface area contributed by atoms with E-state index in [9.17, 15) is 0 Å². The van der Waals surface area contributed by atoms with Crippen molar-refractivity contribution in [1.82, 2.24) is 0 Å². The van der Waals surface area contributed by atoms with Gasteiger partial charge in [0, 0.05) is 0 Å². The normalized spacial score (nSPS) is 10.2. The van der Waals surface area contributed by atoms with E-state index in [1.807, 2.05) is 30.3 Å². The Labute approximate surface area is 157 Å². The number of rotatable bonds is 9. The molecule has 0 fully saturated rings. The SMILES string of the molecule is CC(C)=CCC/C(C)=C/COCCOc1ccccc1.[Na+].[OH-]. The van der Waals surface area contributed by atoms with Crippen molar-refractivity contribution >= 4 is 0 Å². The zero-order chi connectivity index (χ0) is 14.6. The van der Waals surface area contributed by atoms with Gasteiger partial charge in [0.25, 0.3) is 0 Å². The maximum Gasteiger partial charge on any atom is 1.00 e. The summed E-state index contributed by atoms with van der Waals surface area (Å²) in [5.41, 5.74) is 2.76. The zero-order valence-corrected chi connectivity index (χ0v) is 16.3. The largest absolute Gasteiger partial charge is 1.00 e. The molecule has 0 atom stereocenters. The Morgan fingerprint density at radius 3 is 2.32 bits per heavy atom. The first-order valence-electron chi connectivity index (χ1n) is 7.23. The van der Waals surface area contributed by atoms with Crippen LogP contribution in [0.1, 0.15) is 33.6 Å². The molecule has 0 amide bonds. The Balaban J connectivity index is 0. The molecule has 0 aliphatic heterocycles. The number of para-hydroxylation sites is 1. The smallest absolute Gasteiger partial charge is 0.870 e. The van der Waals surface area contributed by atoms with Crippen molar-refractivity contribution in [2.45, 2.75) is 33.6 Å². The van der Waals surface area contributed by atoms with Gasteiger partial charge in [-0.25, -0.2) is 0 Å². The predicted octanol–water partition coefficient (Wildman–Crippen LogP) is 1.60. The molecule has 0 unspecified atom stereocenters. The third-order valence-corrected chi connectivity index (χ3v) is 2.88. The Bertz CT molecular complexity index is 423. The number of hydrogen-bond donors (Lipinski definition) is 0. The predicted molar refractivity (Wildman–Crippen MR) is 87.1 cm³/mol. The average Bonchev–Trinajstić information content (AvgIpc) is 2.43. The van der Waals surface area contributed by atoms with Crippen molar-refractivity contribution in [2.75, 3.05) is 19.8 Å². The number of benzene rings is 1. The van der Waals surface area contributed by atoms with E-state index in [-0.39, 0.29) is 35.0 Å². The van der Waals surface area contributed by atoms with Crippen molar-refractivity contribution in [3.63, 3.8) is 0 Å². The second-order valence-corrected chi connectivity index (χ2v) is 5.11. The van der Waals surface area contributed by atoms with Gasteiger partial charge in [0.05, 0.1) is 13.2 Å². The molecule has 0 aliphatic rings. The molecule has 118 valence electrons. The summed E-state index contributed by atoms with van der Waals surface area (Å²) in [6, 6.07) is 9.82. The van der Waals surface area contributed by atoms with E-state index >= 15 is 0 Å². The van der Waals surface area contributed by atoms with E-state index in [2.05, 4.69) is 32.9 Å². The van der Waals surface area contributed by atoms with Crippen molar-refractivity contribution in [3.05, 3.63) is 53.6 Å². The Hall–Kier alpha value is -0.580. The van der Waals surface area contributed by atoms with E-state index in [1.54, 1.807) is 0 Å². The van der Waals surface area contributed by atoms with Crippen LogP contribution in [0.3, 0.4) is 0 Å². The maximum atomic E-state index is 5.55. The molecule has 1 N–H and O–H groups in total. The molecule has 0 aliphatic carbocycles. The van der Waals surface area contributed by atoms with Gasteiger partial charge in [-0.2, -0.15) is 0 Å². The second kappa shape index (κ2) is 15.3. The molecule has 0 spiro atoms. The standard InChI is InChI=1S/C18H26O2.Na.H2O/c1-16(2)8-7-9-17(3)12-13-19-14-15-20-18-10-5-4-6-11-18;;/h4-6,8,10-12H,7,9,13-15H2,1-3H3;;1H2/q;+1;/p-1/b17-12+;;. The fraction of sp³-hybridized carbons (Fsp3) is 0.444. The first kappa shape index (κ1) is 23.7. The van der Waals surface area contributed by atoms with E-state index in [0.717, 1.165) is 18.6 Å². The second-order valence-electron chi connectivity index (χ2n) is 5.11. The van der Waals surface area contributed by atoms with Gasteiger partial charge in [0.2, 0.25) is 0 Å². The Morgan fingerprint density at radius 2 is 1.68 bits per heavy atom. The molecule has 1 rings (SSSR count). The summed E-state index contributed by atoms with van der Waals surface area (Å²) in [5, 5.41) is 0. The third kappa shape index (κ3) is 13.1. The van der Waals surface area contributed by atoms with Gasteiger partial charge in [-0.15, -0.1) is 0 Å². The van der Waals surface area contributed by atoms with Crippen molar-refractivity contribution in [1.29, 1.82) is 0 Å². The summed E-state index contributed by atoms with van der Waals surface area (Å²) in [5.74, 6) is 0.893. The van der Waals surface area contributed by atoms with Gasteiger partial charge >= 0.3 is 29.6 Å². The van der Waals surface area contributed by atoms with Gasteiger partial charge in [-0.05, 0) is 45.7 Å². The summed E-state index contributed by atoms with van der Waals surface area (Å²) in [7, 11) is 0. The van der Waals surface area contributed by atoms with E-state index in [4.69, 9.17) is 9.47 Å². The summed E-state index contributed by atoms with van der Waals surface area (Å²) in [6.45, 7) is 8.30. The van der Waals surface area contributed by atoms with Crippen molar-refractivity contribution in [2.24, 2.45) is 0 Å². The van der Waals surface area contributed by atoms with Gasteiger partial charge in [0.1, 0.15) is 12.4 Å². The number of hydrogen-bond acceptors (Lipinski definition) is 3. The van der Waals surface area contributed by atoms with E-state index < -0.39 is 0 Å². The summed E-state index contributed by atoms with van der Waals surface area (Å²) in [6.07, 6.45) is 6.64. The van der Waals surface area contributed by atoms with E-state index in [1.165, 1.54) is 11.1 Å². The topological polar surface area (TPSA) is 48.5 Å². The minimum Gasteiger partial charge on any atom is -0.870 e. The monoisotopic (exact) mass is 314 g/mol. The number of allylic oxidation sites excluding steroid dienone is 3. The Morgan fingerprint density at radius 1 is 1.00 bits per heavy atom. The summed E-state index contributed by atoms with van der Waals surface area (Å²) >= 11 is 0. The van der Waals surface area contributed by atoms with Crippen LogP contribution in [-0.2, 0) is 4.74 Å². The molecule has 1 aromatic carbocycles. The van der Waals surface area contributed by atoms with Crippen LogP contribution in [-0.4, -0.2) is 25.3 Å². The van der Waals surface area contributed by atoms with Gasteiger partial charge in [-0.3, -0.25) is 0 Å². The molecule has 0 radical (unpaired) electrons. The number of ether oxygens (including phenoxy) is 2. The molecule has 0 saturated heterocycles. The van der Waals surface area contributed by atoms with Crippen LogP contribution < -0.4 is 34.3 Å². The maximum absolute atomic E-state index is 5.55. The minimum atomic E-state index is 0. The van der Waals surface area contributed by atoms with Crippen LogP contribution in [0.5, 0.6) is 5.75 Å². The fourth-order valence-electron chi connectivity index (χ4n) is 1.71. The van der Waals surface area contributed by atoms with Crippen LogP contribution in [0.4, 0.5) is 0 Å². The van der Waals surface area contributed by atoms with Gasteiger partial charge in [-0.1, -0.05) is 41.5 Å². The van der Waals surface area contributed by atoms with Crippen LogP contribution in [0, 0.1) is 0 Å². The molecule has 22 heavy (non-hydrogen) atoms. The fourth-order valence-corrected chi connectivity index (χ4v) is 1.71. The van der Waals surface area contributed by atoms with E-state index in [0.29, 0.717) is 19.8 Å². The first-order chi connectivity index (χ1) is 9.68. The molecule has 3 nitrogen and oxygen atoms in total. The Kier molecular flexibility index (Phi) is 16.5. The zero-order valence-electron chi connectivity index (χ0n) is 14.3. The van der Waals surface area contributed by atoms with Gasteiger partial charge < -0.3 is 14.9 Å². The molecule has 1 aromatic rings. The van der Waals surface area contributed by atoms with Crippen LogP contribution in [0.25, 0.3) is 0 Å². The molecule has 0 heterocycles.